The summed E-state index contributed by atoms with van der Waals surface area (Å²) in [6.45, 7) is 0. The van der Waals surface area contributed by atoms with Gasteiger partial charge in [0, 0.05) is 12.4 Å². The fraction of sp³-hybridized carbons (Fsp3) is 0.154. The van der Waals surface area contributed by atoms with Crippen LogP contribution in [0.2, 0.25) is 0 Å². The lowest BCUT2D eigenvalue weighted by atomic mass is 9.80. The molecule has 2 heteroatoms. The number of hydrogen-bond acceptors (Lipinski definition) is 2. The second kappa shape index (κ2) is 7.40. The third-order valence-electron chi connectivity index (χ3n) is 5.66. The highest BCUT2D eigenvalue weighted by atomic mass is 14.8. The summed E-state index contributed by atoms with van der Waals surface area (Å²) in [7, 11) is 0. The molecule has 0 N–H and O–H groups in total. The fourth-order valence-corrected chi connectivity index (χ4v) is 4.29. The summed E-state index contributed by atoms with van der Waals surface area (Å²) in [5, 5.41) is 2.82. The molecule has 0 aliphatic heterocycles. The highest BCUT2D eigenvalue weighted by Crippen LogP contribution is 2.39. The number of fused-ring (bicyclic) bond motifs is 5. The molecule has 28 heavy (non-hydrogen) atoms. The maximum atomic E-state index is 4.12. The van der Waals surface area contributed by atoms with Gasteiger partial charge < -0.3 is 0 Å². The van der Waals surface area contributed by atoms with Gasteiger partial charge in [-0.15, -0.1) is 0 Å². The molecular weight excluding hydrogens is 340 g/mol. The summed E-state index contributed by atoms with van der Waals surface area (Å²) in [6.07, 6.45) is 13.0. The zero-order chi connectivity index (χ0) is 18.8. The maximum Gasteiger partial charge on any atom is 0.0886 e. The van der Waals surface area contributed by atoms with Crippen molar-refractivity contribution in [3.63, 3.8) is 0 Å². The largest absolute Gasteiger partial charge is 0.253 e. The maximum absolute atomic E-state index is 4.12. The zero-order valence-electron chi connectivity index (χ0n) is 15.8. The molecule has 136 valence electrons. The monoisotopic (exact) mass is 362 g/mol. The predicted octanol–water partition coefficient (Wildman–Crippen LogP) is 6.52. The van der Waals surface area contributed by atoms with Gasteiger partial charge in [0.15, 0.2) is 0 Å². The van der Waals surface area contributed by atoms with Gasteiger partial charge >= 0.3 is 0 Å². The van der Waals surface area contributed by atoms with E-state index < -0.39 is 0 Å². The van der Waals surface area contributed by atoms with E-state index in [0.29, 0.717) is 0 Å². The van der Waals surface area contributed by atoms with Gasteiger partial charge in [-0.1, -0.05) is 66.3 Å². The van der Waals surface area contributed by atoms with Crippen LogP contribution < -0.4 is 0 Å². The van der Waals surface area contributed by atoms with Gasteiger partial charge in [0.1, 0.15) is 0 Å². The molecule has 1 heterocycles. The lowest BCUT2D eigenvalue weighted by molar-refractivity contribution is 0.831. The zero-order valence-corrected chi connectivity index (χ0v) is 15.8. The van der Waals surface area contributed by atoms with E-state index in [4.69, 9.17) is 0 Å². The molecule has 0 atom stereocenters. The Morgan fingerprint density at radius 2 is 1.43 bits per heavy atom. The average molecular weight is 362 g/mol. The van der Waals surface area contributed by atoms with Crippen LogP contribution in [0.15, 0.2) is 90.8 Å². The summed E-state index contributed by atoms with van der Waals surface area (Å²) in [5.74, 6) is 0. The van der Waals surface area contributed by atoms with Crippen LogP contribution in [0.3, 0.4) is 0 Å². The molecule has 1 aromatic heterocycles. The molecule has 0 fully saturated rings. The lowest BCUT2D eigenvalue weighted by Crippen LogP contribution is -2.06. The van der Waals surface area contributed by atoms with Crippen molar-refractivity contribution in [2.75, 3.05) is 0 Å². The van der Waals surface area contributed by atoms with E-state index >= 15 is 0 Å². The van der Waals surface area contributed by atoms with E-state index in [2.05, 4.69) is 58.5 Å². The first-order valence-corrected chi connectivity index (χ1v) is 9.95. The third kappa shape index (κ3) is 3.11. The number of nitrogens with zero attached hydrogens (tertiary/aromatic N) is 2. The molecule has 6 rings (SSSR count). The molecule has 0 bridgehead atoms. The lowest BCUT2D eigenvalue weighted by Gasteiger charge is -2.25. The van der Waals surface area contributed by atoms with Crippen LogP contribution in [0.4, 0.5) is 0 Å². The van der Waals surface area contributed by atoms with Crippen LogP contribution in [-0.4, -0.2) is 9.97 Å². The van der Waals surface area contributed by atoms with Crippen molar-refractivity contribution in [3.05, 3.63) is 102 Å². The van der Waals surface area contributed by atoms with Crippen LogP contribution in [0.25, 0.3) is 27.4 Å². The number of benzene rings is 3. The van der Waals surface area contributed by atoms with Crippen molar-refractivity contribution in [1.29, 1.82) is 0 Å². The van der Waals surface area contributed by atoms with Crippen molar-refractivity contribution in [2.45, 2.75) is 25.7 Å². The topological polar surface area (TPSA) is 25.8 Å². The van der Waals surface area contributed by atoms with Gasteiger partial charge in [-0.3, -0.25) is 9.97 Å². The van der Waals surface area contributed by atoms with Crippen molar-refractivity contribution < 1.29 is 0 Å². The molecule has 0 unspecified atom stereocenters. The molecule has 0 radical (unpaired) electrons. The van der Waals surface area contributed by atoms with E-state index in [9.17, 15) is 0 Å². The third-order valence-corrected chi connectivity index (χ3v) is 5.66. The summed E-state index contributed by atoms with van der Waals surface area (Å²) >= 11 is 0. The van der Waals surface area contributed by atoms with Crippen LogP contribution >= 0.6 is 0 Å². The molecule has 0 saturated heterocycles. The number of rotatable bonds is 0. The smallest absolute Gasteiger partial charge is 0.0886 e. The van der Waals surface area contributed by atoms with Crippen molar-refractivity contribution >= 4 is 27.4 Å². The van der Waals surface area contributed by atoms with Crippen LogP contribution in [0.1, 0.15) is 30.4 Å². The Hall–Kier alpha value is -3.26. The SMILES string of the molecule is C1=CC2=C(CC1)CCc1c2ccc2ccccc12.c1ccc2nccnc2c1. The second-order valence-electron chi connectivity index (χ2n) is 7.32. The quantitative estimate of drug-likeness (QED) is 0.356. The number of hydrogen-bond donors (Lipinski definition) is 0. The first kappa shape index (κ1) is 16.9. The van der Waals surface area contributed by atoms with Crippen LogP contribution in [-0.2, 0) is 6.42 Å². The molecule has 3 aromatic carbocycles. The van der Waals surface area contributed by atoms with Crippen LogP contribution in [0, 0.1) is 0 Å². The first-order chi connectivity index (χ1) is 13.9. The van der Waals surface area contributed by atoms with Gasteiger partial charge in [0.05, 0.1) is 11.0 Å². The molecule has 4 aromatic rings. The molecule has 2 aliphatic carbocycles. The Bertz CT molecular complexity index is 1150. The number of aryl methyl sites for hydroxylation is 1. The summed E-state index contributed by atoms with van der Waals surface area (Å²) in [6, 6.07) is 21.2. The molecule has 2 nitrogen and oxygen atoms in total. The van der Waals surface area contributed by atoms with Gasteiger partial charge in [-0.05, 0) is 65.3 Å². The van der Waals surface area contributed by atoms with Gasteiger partial charge in [0.2, 0.25) is 0 Å². The first-order valence-electron chi connectivity index (χ1n) is 9.95. The highest BCUT2D eigenvalue weighted by molar-refractivity contribution is 5.93. The van der Waals surface area contributed by atoms with Crippen molar-refractivity contribution in [2.24, 2.45) is 0 Å². The molecule has 0 spiro atoms. The Morgan fingerprint density at radius 3 is 2.25 bits per heavy atom. The molecule has 0 saturated carbocycles. The van der Waals surface area contributed by atoms with Crippen LogP contribution in [0.5, 0.6) is 0 Å². The minimum absolute atomic E-state index is 0.949. The minimum atomic E-state index is 0.949. The minimum Gasteiger partial charge on any atom is -0.253 e. The van der Waals surface area contributed by atoms with E-state index in [1.807, 2.05) is 24.3 Å². The number of allylic oxidation sites excluding steroid dienone is 4. The number of para-hydroxylation sites is 2. The van der Waals surface area contributed by atoms with E-state index in [1.165, 1.54) is 47.6 Å². The van der Waals surface area contributed by atoms with Gasteiger partial charge in [-0.2, -0.15) is 0 Å². The summed E-state index contributed by atoms with van der Waals surface area (Å²) in [4.78, 5) is 8.24. The average Bonchev–Trinajstić information content (AvgIpc) is 2.79. The Labute approximate surface area is 165 Å². The molecular formula is C26H22N2. The fourth-order valence-electron chi connectivity index (χ4n) is 4.29. The number of aromatic nitrogens is 2. The summed E-state index contributed by atoms with van der Waals surface area (Å²) < 4.78 is 0. The van der Waals surface area contributed by atoms with Crippen molar-refractivity contribution in [3.8, 4) is 0 Å². The normalized spacial score (nSPS) is 15.0. The van der Waals surface area contributed by atoms with Gasteiger partial charge in [0.25, 0.3) is 0 Å². The Morgan fingerprint density at radius 1 is 0.679 bits per heavy atom. The molecule has 2 aliphatic rings. The standard InChI is InChI=1S/C18H16.C8H6N2/c1-3-7-15-13(5-1)9-11-18-16-8-4-2-6-14(16)10-12-17(15)18;1-2-4-8-7(3-1)9-5-6-10-8/h1,3-5,7-9,11H,2,6,10,12H2;1-6H. The van der Waals surface area contributed by atoms with E-state index in [1.54, 1.807) is 23.5 Å². The second-order valence-corrected chi connectivity index (χ2v) is 7.32. The Kier molecular flexibility index (Phi) is 4.46. The predicted molar refractivity (Wildman–Crippen MR) is 117 cm³/mol. The highest BCUT2D eigenvalue weighted by Gasteiger charge is 2.20. The molecule has 0 amide bonds. The summed E-state index contributed by atoms with van der Waals surface area (Å²) in [5.41, 5.74) is 8.10. The van der Waals surface area contributed by atoms with Gasteiger partial charge in [-0.25, -0.2) is 0 Å². The van der Waals surface area contributed by atoms with Crippen molar-refractivity contribution in [1.82, 2.24) is 9.97 Å². The Balaban J connectivity index is 0.000000145. The van der Waals surface area contributed by atoms with E-state index in [0.717, 1.165) is 11.0 Å². The van der Waals surface area contributed by atoms with E-state index in [-0.39, 0.29) is 0 Å².